The second-order valence-corrected chi connectivity index (χ2v) is 10.9. The number of hydrogen-bond acceptors (Lipinski definition) is 5. The lowest BCUT2D eigenvalue weighted by Gasteiger charge is -2.12. The second kappa shape index (κ2) is 11.6. The van der Waals surface area contributed by atoms with E-state index in [1.165, 1.54) is 0 Å². The molecule has 0 saturated carbocycles. The van der Waals surface area contributed by atoms with Crippen LogP contribution in [0.5, 0.6) is 5.75 Å². The minimum Gasteiger partial charge on any atom is -0.488 e. The number of nitrogens with one attached hydrogen (secondary N) is 1. The van der Waals surface area contributed by atoms with E-state index >= 15 is 0 Å². The molecule has 1 saturated heterocycles. The molecule has 3 aromatic rings. The maximum Gasteiger partial charge on any atom is 0.294 e. The molecule has 0 atom stereocenters. The summed E-state index contributed by atoms with van der Waals surface area (Å²) in [6.07, 6.45) is 1.62. The van der Waals surface area contributed by atoms with Crippen LogP contribution in [0.3, 0.4) is 0 Å². The number of ether oxygens (including phenoxy) is 1. The largest absolute Gasteiger partial charge is 0.488 e. The van der Waals surface area contributed by atoms with Crippen LogP contribution in [-0.4, -0.2) is 28.5 Å². The smallest absolute Gasteiger partial charge is 0.294 e. The number of amides is 3. The van der Waals surface area contributed by atoms with Gasteiger partial charge in [0.2, 0.25) is 5.91 Å². The summed E-state index contributed by atoms with van der Waals surface area (Å²) in [5.41, 5.74) is 2.17. The van der Waals surface area contributed by atoms with Crippen molar-refractivity contribution in [1.29, 1.82) is 0 Å². The third-order valence-corrected chi connectivity index (χ3v) is 7.51. The lowest BCUT2D eigenvalue weighted by atomic mass is 10.2. The zero-order valence-corrected chi connectivity index (χ0v) is 23.3. The number of imide groups is 1. The van der Waals surface area contributed by atoms with Crippen molar-refractivity contribution in [2.45, 2.75) is 6.61 Å². The average Bonchev–Trinajstić information content (AvgIpc) is 3.08. The Morgan fingerprint density at radius 3 is 2.57 bits per heavy atom. The first-order chi connectivity index (χ1) is 16.8. The van der Waals surface area contributed by atoms with Crippen molar-refractivity contribution in [2.75, 3.05) is 11.9 Å². The van der Waals surface area contributed by atoms with Crippen LogP contribution in [0, 0.1) is 3.57 Å². The first-order valence-corrected chi connectivity index (χ1v) is 13.3. The summed E-state index contributed by atoms with van der Waals surface area (Å²) in [5, 5.41) is 2.84. The molecule has 4 rings (SSSR count). The van der Waals surface area contributed by atoms with E-state index in [1.54, 1.807) is 42.5 Å². The third kappa shape index (κ3) is 6.66. The molecular formula is C25H17BrClIN2O4S. The standard InChI is InChI=1S/C25H17BrClIN2O4S/c26-19-11-15(5-10-21(19)34-14-16-3-1-2-4-20(16)27)12-22-24(32)30(25(33)35-22)13-23(31)29-18-8-6-17(28)7-9-18/h1-12H,13-14H2,(H,29,31)/b22-12+. The Morgan fingerprint density at radius 2 is 1.86 bits per heavy atom. The Bertz CT molecular complexity index is 1330. The van der Waals surface area contributed by atoms with Gasteiger partial charge in [0.05, 0.1) is 9.38 Å². The van der Waals surface area contributed by atoms with E-state index in [0.717, 1.165) is 25.8 Å². The first kappa shape index (κ1) is 25.7. The van der Waals surface area contributed by atoms with Crippen LogP contribution in [0.25, 0.3) is 6.08 Å². The molecular weight excluding hydrogens is 667 g/mol. The molecule has 0 aliphatic carbocycles. The number of hydrogen-bond donors (Lipinski definition) is 1. The predicted octanol–water partition coefficient (Wildman–Crippen LogP) is 6.96. The Labute approximate surface area is 233 Å². The second-order valence-electron chi connectivity index (χ2n) is 7.39. The zero-order chi connectivity index (χ0) is 24.9. The summed E-state index contributed by atoms with van der Waals surface area (Å²) in [5.74, 6) is -0.340. The quantitative estimate of drug-likeness (QED) is 0.215. The van der Waals surface area contributed by atoms with Gasteiger partial charge in [0.1, 0.15) is 18.9 Å². The number of benzene rings is 3. The number of thioether (sulfide) groups is 1. The molecule has 178 valence electrons. The fraction of sp³-hybridized carbons (Fsp3) is 0.0800. The monoisotopic (exact) mass is 682 g/mol. The van der Waals surface area contributed by atoms with Crippen LogP contribution in [0.1, 0.15) is 11.1 Å². The van der Waals surface area contributed by atoms with Crippen molar-refractivity contribution in [3.05, 3.63) is 95.8 Å². The minimum atomic E-state index is -0.507. The summed E-state index contributed by atoms with van der Waals surface area (Å²) in [6, 6.07) is 20.0. The van der Waals surface area contributed by atoms with Crippen molar-refractivity contribution in [1.82, 2.24) is 4.90 Å². The molecule has 1 fully saturated rings. The van der Waals surface area contributed by atoms with Gasteiger partial charge in [0, 0.05) is 19.8 Å². The van der Waals surface area contributed by atoms with Gasteiger partial charge in [-0.25, -0.2) is 0 Å². The minimum absolute atomic E-state index is 0.244. The van der Waals surface area contributed by atoms with Crippen LogP contribution in [0.15, 0.2) is 76.1 Å². The summed E-state index contributed by atoms with van der Waals surface area (Å²) in [6.45, 7) is -0.0483. The van der Waals surface area contributed by atoms with Crippen molar-refractivity contribution in [3.63, 3.8) is 0 Å². The molecule has 0 aromatic heterocycles. The molecule has 1 aliphatic heterocycles. The molecule has 3 amide bonds. The highest BCUT2D eigenvalue weighted by Gasteiger charge is 2.36. The number of rotatable bonds is 7. The molecule has 3 aromatic carbocycles. The van der Waals surface area contributed by atoms with E-state index in [-0.39, 0.29) is 11.4 Å². The number of halogens is 3. The number of anilines is 1. The SMILES string of the molecule is O=C(CN1C(=O)S/C(=C/c2ccc(OCc3ccccc3Cl)c(Br)c2)C1=O)Nc1ccc(I)cc1. The van der Waals surface area contributed by atoms with Gasteiger partial charge in [0.25, 0.3) is 11.1 Å². The molecule has 0 radical (unpaired) electrons. The van der Waals surface area contributed by atoms with Crippen LogP contribution >= 0.6 is 61.9 Å². The van der Waals surface area contributed by atoms with E-state index in [0.29, 0.717) is 33.1 Å². The topological polar surface area (TPSA) is 75.7 Å². The molecule has 0 unspecified atom stereocenters. The third-order valence-electron chi connectivity index (χ3n) is 4.90. The summed E-state index contributed by atoms with van der Waals surface area (Å²) >= 11 is 12.6. The number of carbonyl (C=O) groups excluding carboxylic acids is 3. The van der Waals surface area contributed by atoms with E-state index in [1.807, 2.05) is 30.3 Å². The molecule has 0 spiro atoms. The summed E-state index contributed by atoms with van der Waals surface area (Å²) in [4.78, 5) is 38.7. The van der Waals surface area contributed by atoms with Crippen molar-refractivity contribution in [2.24, 2.45) is 0 Å². The van der Waals surface area contributed by atoms with Gasteiger partial charge in [-0.05, 0) is 104 Å². The van der Waals surface area contributed by atoms with Gasteiger partial charge in [-0.3, -0.25) is 19.3 Å². The van der Waals surface area contributed by atoms with E-state index < -0.39 is 17.1 Å². The van der Waals surface area contributed by atoms with E-state index in [4.69, 9.17) is 16.3 Å². The van der Waals surface area contributed by atoms with Crippen LogP contribution < -0.4 is 10.1 Å². The molecule has 10 heteroatoms. The Kier molecular flexibility index (Phi) is 8.53. The molecule has 1 aliphatic rings. The average molecular weight is 684 g/mol. The fourth-order valence-corrected chi connectivity index (χ4v) is 5.06. The first-order valence-electron chi connectivity index (χ1n) is 10.3. The zero-order valence-electron chi connectivity index (χ0n) is 18.0. The van der Waals surface area contributed by atoms with Gasteiger partial charge in [-0.1, -0.05) is 35.9 Å². The highest BCUT2D eigenvalue weighted by Crippen LogP contribution is 2.34. The van der Waals surface area contributed by atoms with Crippen LogP contribution in [-0.2, 0) is 16.2 Å². The molecule has 35 heavy (non-hydrogen) atoms. The van der Waals surface area contributed by atoms with Crippen molar-refractivity contribution < 1.29 is 19.1 Å². The van der Waals surface area contributed by atoms with Gasteiger partial charge in [0.15, 0.2) is 0 Å². The summed E-state index contributed by atoms with van der Waals surface area (Å²) < 4.78 is 7.57. The highest BCUT2D eigenvalue weighted by molar-refractivity contribution is 14.1. The maximum absolute atomic E-state index is 12.8. The Morgan fingerprint density at radius 1 is 1.11 bits per heavy atom. The van der Waals surface area contributed by atoms with Gasteiger partial charge < -0.3 is 10.1 Å². The van der Waals surface area contributed by atoms with Crippen LogP contribution in [0.4, 0.5) is 10.5 Å². The molecule has 1 N–H and O–H groups in total. The highest BCUT2D eigenvalue weighted by atomic mass is 127. The van der Waals surface area contributed by atoms with Gasteiger partial charge in [-0.2, -0.15) is 0 Å². The molecule has 6 nitrogen and oxygen atoms in total. The van der Waals surface area contributed by atoms with Gasteiger partial charge in [-0.15, -0.1) is 0 Å². The lowest BCUT2D eigenvalue weighted by molar-refractivity contribution is -0.127. The Hall–Kier alpha value is -2.34. The van der Waals surface area contributed by atoms with Gasteiger partial charge >= 0.3 is 0 Å². The van der Waals surface area contributed by atoms with Crippen molar-refractivity contribution in [3.8, 4) is 5.75 Å². The maximum atomic E-state index is 12.8. The van der Waals surface area contributed by atoms with Crippen molar-refractivity contribution >= 4 is 90.7 Å². The van der Waals surface area contributed by atoms with Crippen LogP contribution in [0.2, 0.25) is 5.02 Å². The Balaban J connectivity index is 1.40. The van der Waals surface area contributed by atoms with E-state index in [9.17, 15) is 14.4 Å². The molecule has 1 heterocycles. The summed E-state index contributed by atoms with van der Waals surface area (Å²) in [7, 11) is 0. The number of carbonyl (C=O) groups is 3. The number of nitrogens with zero attached hydrogens (tertiary/aromatic N) is 1. The molecule has 0 bridgehead atoms. The van der Waals surface area contributed by atoms with E-state index in [2.05, 4.69) is 43.8 Å². The normalized spacial score (nSPS) is 14.5. The predicted molar refractivity (Wildman–Crippen MR) is 150 cm³/mol. The fourth-order valence-electron chi connectivity index (χ4n) is 3.16. The lowest BCUT2D eigenvalue weighted by Crippen LogP contribution is -2.36.